The van der Waals surface area contributed by atoms with Crippen molar-refractivity contribution in [3.05, 3.63) is 47.6 Å². The lowest BCUT2D eigenvalue weighted by Gasteiger charge is -2.25. The second kappa shape index (κ2) is 4.48. The fourth-order valence-electron chi connectivity index (χ4n) is 3.07. The van der Waals surface area contributed by atoms with Gasteiger partial charge in [0.1, 0.15) is 5.78 Å². The van der Waals surface area contributed by atoms with Crippen molar-refractivity contribution in [1.29, 1.82) is 0 Å². The van der Waals surface area contributed by atoms with Gasteiger partial charge in [0, 0.05) is 12.8 Å². The summed E-state index contributed by atoms with van der Waals surface area (Å²) in [6.07, 6.45) is 18.4. The SMILES string of the molecule is O=C1CCCC(C2C=CC3=C(C=C2)CC=C3)C1. The number of rotatable bonds is 1. The lowest BCUT2D eigenvalue weighted by atomic mass is 9.79. The van der Waals surface area contributed by atoms with Gasteiger partial charge < -0.3 is 0 Å². The van der Waals surface area contributed by atoms with Crippen LogP contribution in [-0.2, 0) is 4.79 Å². The van der Waals surface area contributed by atoms with Crippen LogP contribution in [0.3, 0.4) is 0 Å². The Labute approximate surface area is 103 Å². The molecule has 17 heavy (non-hydrogen) atoms. The molecule has 2 unspecified atom stereocenters. The minimum atomic E-state index is 0.452. The van der Waals surface area contributed by atoms with Gasteiger partial charge in [-0.25, -0.2) is 0 Å². The molecule has 3 aliphatic rings. The molecule has 1 heteroatoms. The summed E-state index contributed by atoms with van der Waals surface area (Å²) in [5, 5.41) is 0. The second-order valence-electron chi connectivity index (χ2n) is 5.28. The Hall–Kier alpha value is -1.37. The maximum absolute atomic E-state index is 11.5. The van der Waals surface area contributed by atoms with Crippen LogP contribution in [0, 0.1) is 11.8 Å². The summed E-state index contributed by atoms with van der Waals surface area (Å²) in [5.74, 6) is 1.44. The molecule has 88 valence electrons. The largest absolute Gasteiger partial charge is 0.300 e. The molecule has 0 aromatic rings. The molecule has 1 fully saturated rings. The van der Waals surface area contributed by atoms with E-state index >= 15 is 0 Å². The molecular formula is C16H18O. The smallest absolute Gasteiger partial charge is 0.133 e. The van der Waals surface area contributed by atoms with Gasteiger partial charge in [-0.1, -0.05) is 36.5 Å². The van der Waals surface area contributed by atoms with E-state index in [1.807, 2.05) is 0 Å². The zero-order valence-electron chi connectivity index (χ0n) is 10.1. The molecule has 1 saturated carbocycles. The van der Waals surface area contributed by atoms with E-state index in [4.69, 9.17) is 0 Å². The molecule has 0 saturated heterocycles. The Bertz CT molecular complexity index is 448. The summed E-state index contributed by atoms with van der Waals surface area (Å²) in [5.41, 5.74) is 2.77. The molecule has 3 rings (SSSR count). The number of allylic oxidation sites excluding steroid dienone is 8. The van der Waals surface area contributed by atoms with Crippen LogP contribution < -0.4 is 0 Å². The van der Waals surface area contributed by atoms with E-state index in [0.717, 1.165) is 25.7 Å². The lowest BCUT2D eigenvalue weighted by molar-refractivity contribution is -0.121. The summed E-state index contributed by atoms with van der Waals surface area (Å²) in [4.78, 5) is 11.5. The molecule has 3 aliphatic carbocycles. The molecule has 0 N–H and O–H groups in total. The average Bonchev–Trinajstić information content (AvgIpc) is 2.68. The Morgan fingerprint density at radius 3 is 2.88 bits per heavy atom. The normalized spacial score (nSPS) is 31.9. The van der Waals surface area contributed by atoms with Gasteiger partial charge in [0.05, 0.1) is 0 Å². The Morgan fingerprint density at radius 1 is 1.12 bits per heavy atom. The van der Waals surface area contributed by atoms with Crippen molar-refractivity contribution in [3.8, 4) is 0 Å². The standard InChI is InChI=1S/C16H18O/c17-16-6-2-5-15(11-16)14-9-7-12-3-1-4-13(12)8-10-14/h1,3,7-10,14-15H,2,4-6,11H2. The summed E-state index contributed by atoms with van der Waals surface area (Å²) < 4.78 is 0. The number of hydrogen-bond acceptors (Lipinski definition) is 1. The first-order valence-electron chi connectivity index (χ1n) is 6.61. The van der Waals surface area contributed by atoms with Crippen molar-refractivity contribution in [3.63, 3.8) is 0 Å². The van der Waals surface area contributed by atoms with Crippen molar-refractivity contribution in [1.82, 2.24) is 0 Å². The van der Waals surface area contributed by atoms with Crippen molar-refractivity contribution in [2.45, 2.75) is 32.1 Å². The zero-order valence-corrected chi connectivity index (χ0v) is 10.1. The van der Waals surface area contributed by atoms with Crippen LogP contribution in [0.15, 0.2) is 47.6 Å². The number of Topliss-reactive ketones (excluding diaryl/α,β-unsaturated/α-hetero) is 1. The van der Waals surface area contributed by atoms with Crippen LogP contribution in [0.4, 0.5) is 0 Å². The van der Waals surface area contributed by atoms with Gasteiger partial charge in [-0.05, 0) is 42.2 Å². The average molecular weight is 226 g/mol. The molecule has 0 radical (unpaired) electrons. The number of ketones is 1. The van der Waals surface area contributed by atoms with Crippen LogP contribution in [0.1, 0.15) is 32.1 Å². The van der Waals surface area contributed by atoms with Gasteiger partial charge in [-0.15, -0.1) is 0 Å². The highest BCUT2D eigenvalue weighted by Crippen LogP contribution is 2.33. The first-order valence-corrected chi connectivity index (χ1v) is 6.61. The maximum atomic E-state index is 11.5. The van der Waals surface area contributed by atoms with Crippen LogP contribution in [-0.4, -0.2) is 5.78 Å². The van der Waals surface area contributed by atoms with Gasteiger partial charge in [-0.3, -0.25) is 4.79 Å². The molecular weight excluding hydrogens is 208 g/mol. The topological polar surface area (TPSA) is 17.1 Å². The highest BCUT2D eigenvalue weighted by Gasteiger charge is 2.25. The van der Waals surface area contributed by atoms with Crippen LogP contribution in [0.2, 0.25) is 0 Å². The fraction of sp³-hybridized carbons (Fsp3) is 0.438. The van der Waals surface area contributed by atoms with E-state index in [2.05, 4.69) is 36.5 Å². The van der Waals surface area contributed by atoms with Crippen LogP contribution >= 0.6 is 0 Å². The second-order valence-corrected chi connectivity index (χ2v) is 5.28. The molecule has 0 spiro atoms. The third-order valence-corrected chi connectivity index (χ3v) is 4.09. The molecule has 2 atom stereocenters. The summed E-state index contributed by atoms with van der Waals surface area (Å²) in [7, 11) is 0. The molecule has 0 aliphatic heterocycles. The lowest BCUT2D eigenvalue weighted by Crippen LogP contribution is -2.20. The van der Waals surface area contributed by atoms with Gasteiger partial charge in [0.15, 0.2) is 0 Å². The molecule has 0 amide bonds. The van der Waals surface area contributed by atoms with Crippen LogP contribution in [0.25, 0.3) is 0 Å². The van der Waals surface area contributed by atoms with E-state index in [1.165, 1.54) is 17.6 Å². The highest BCUT2D eigenvalue weighted by molar-refractivity contribution is 5.79. The maximum Gasteiger partial charge on any atom is 0.133 e. The fourth-order valence-corrected chi connectivity index (χ4v) is 3.07. The molecule has 0 bridgehead atoms. The van der Waals surface area contributed by atoms with Crippen molar-refractivity contribution in [2.24, 2.45) is 11.8 Å². The Balaban J connectivity index is 1.76. The van der Waals surface area contributed by atoms with Crippen LogP contribution in [0.5, 0.6) is 0 Å². The van der Waals surface area contributed by atoms with E-state index in [1.54, 1.807) is 0 Å². The summed E-state index contributed by atoms with van der Waals surface area (Å²) in [6.45, 7) is 0. The van der Waals surface area contributed by atoms with E-state index < -0.39 is 0 Å². The van der Waals surface area contributed by atoms with Crippen molar-refractivity contribution in [2.75, 3.05) is 0 Å². The predicted molar refractivity (Wildman–Crippen MR) is 69.5 cm³/mol. The number of hydrogen-bond donors (Lipinski definition) is 0. The van der Waals surface area contributed by atoms with Gasteiger partial charge in [0.25, 0.3) is 0 Å². The van der Waals surface area contributed by atoms with Crippen molar-refractivity contribution < 1.29 is 4.79 Å². The van der Waals surface area contributed by atoms with E-state index in [0.29, 0.717) is 17.6 Å². The quantitative estimate of drug-likeness (QED) is 0.665. The Kier molecular flexibility index (Phi) is 2.84. The summed E-state index contributed by atoms with van der Waals surface area (Å²) >= 11 is 0. The van der Waals surface area contributed by atoms with Crippen molar-refractivity contribution >= 4 is 5.78 Å². The molecule has 0 heterocycles. The van der Waals surface area contributed by atoms with Gasteiger partial charge in [0.2, 0.25) is 0 Å². The molecule has 1 nitrogen and oxygen atoms in total. The minimum Gasteiger partial charge on any atom is -0.300 e. The highest BCUT2D eigenvalue weighted by atomic mass is 16.1. The molecule has 0 aromatic carbocycles. The molecule has 0 aromatic heterocycles. The Morgan fingerprint density at radius 2 is 2.00 bits per heavy atom. The monoisotopic (exact) mass is 226 g/mol. The van der Waals surface area contributed by atoms with E-state index in [-0.39, 0.29) is 0 Å². The minimum absolute atomic E-state index is 0.452. The number of carbonyl (C=O) groups excluding carboxylic acids is 1. The first-order chi connectivity index (χ1) is 8.33. The van der Waals surface area contributed by atoms with E-state index in [9.17, 15) is 4.79 Å². The summed E-state index contributed by atoms with van der Waals surface area (Å²) in [6, 6.07) is 0. The zero-order chi connectivity index (χ0) is 11.7. The number of carbonyl (C=O) groups is 1. The first kappa shape index (κ1) is 10.8. The third kappa shape index (κ3) is 2.19. The predicted octanol–water partition coefficient (Wildman–Crippen LogP) is 3.74. The van der Waals surface area contributed by atoms with Gasteiger partial charge >= 0.3 is 0 Å². The third-order valence-electron chi connectivity index (χ3n) is 4.09. The van der Waals surface area contributed by atoms with Gasteiger partial charge in [-0.2, -0.15) is 0 Å².